The number of hydrogen-bond donors (Lipinski definition) is 0. The fraction of sp³-hybridized carbons (Fsp3) is 0.929. The first-order chi connectivity index (χ1) is 8.34. The van der Waals surface area contributed by atoms with Crippen LogP contribution in [0.5, 0.6) is 0 Å². The standard InChI is InChI=1S/C14H27BO4/c1-10(11(16)17-12(2,3)4)9-15-18-13(5,6)14(7,8)19-15/h10H,9H2,1-8H3/t10-/m1/s1. The van der Waals surface area contributed by atoms with Crippen molar-refractivity contribution in [3.8, 4) is 0 Å². The lowest BCUT2D eigenvalue weighted by atomic mass is 9.78. The Hall–Kier alpha value is -0.545. The molecule has 19 heavy (non-hydrogen) atoms. The largest absolute Gasteiger partial charge is 0.460 e. The van der Waals surface area contributed by atoms with Crippen molar-refractivity contribution in [2.75, 3.05) is 0 Å². The normalized spacial score (nSPS) is 23.3. The molecular weight excluding hydrogens is 243 g/mol. The molecule has 1 saturated heterocycles. The van der Waals surface area contributed by atoms with Gasteiger partial charge in [-0.1, -0.05) is 6.92 Å². The Balaban J connectivity index is 2.56. The zero-order valence-electron chi connectivity index (χ0n) is 13.5. The molecule has 1 rings (SSSR count). The molecule has 0 unspecified atom stereocenters. The summed E-state index contributed by atoms with van der Waals surface area (Å²) in [6.45, 7) is 15.5. The Morgan fingerprint density at radius 2 is 1.58 bits per heavy atom. The minimum Gasteiger partial charge on any atom is -0.460 e. The van der Waals surface area contributed by atoms with Crippen LogP contribution in [-0.4, -0.2) is 29.9 Å². The lowest BCUT2D eigenvalue weighted by Crippen LogP contribution is -2.41. The highest BCUT2D eigenvalue weighted by Crippen LogP contribution is 2.38. The van der Waals surface area contributed by atoms with Crippen LogP contribution in [0.2, 0.25) is 6.32 Å². The first-order valence-electron chi connectivity index (χ1n) is 6.92. The van der Waals surface area contributed by atoms with Gasteiger partial charge in [0.25, 0.3) is 0 Å². The second-order valence-corrected chi connectivity index (χ2v) is 7.36. The van der Waals surface area contributed by atoms with Crippen LogP contribution in [0.1, 0.15) is 55.4 Å². The number of hydrogen-bond acceptors (Lipinski definition) is 4. The molecule has 0 aromatic carbocycles. The van der Waals surface area contributed by atoms with E-state index in [4.69, 9.17) is 14.0 Å². The first kappa shape index (κ1) is 16.5. The maximum absolute atomic E-state index is 11.9. The molecule has 1 fully saturated rings. The highest BCUT2D eigenvalue weighted by atomic mass is 16.7. The molecule has 1 aliphatic rings. The van der Waals surface area contributed by atoms with E-state index >= 15 is 0 Å². The summed E-state index contributed by atoms with van der Waals surface area (Å²) in [6.07, 6.45) is 0.516. The lowest BCUT2D eigenvalue weighted by Gasteiger charge is -2.32. The van der Waals surface area contributed by atoms with Gasteiger partial charge in [-0.15, -0.1) is 0 Å². The molecule has 0 aliphatic carbocycles. The molecule has 0 amide bonds. The Morgan fingerprint density at radius 3 is 1.95 bits per heavy atom. The Morgan fingerprint density at radius 1 is 1.16 bits per heavy atom. The number of rotatable bonds is 3. The van der Waals surface area contributed by atoms with E-state index in [9.17, 15) is 4.79 Å². The van der Waals surface area contributed by atoms with Gasteiger partial charge in [-0.25, -0.2) is 0 Å². The van der Waals surface area contributed by atoms with Gasteiger partial charge in [0.15, 0.2) is 0 Å². The third-order valence-corrected chi connectivity index (χ3v) is 3.66. The van der Waals surface area contributed by atoms with E-state index in [0.29, 0.717) is 6.32 Å². The second-order valence-electron chi connectivity index (χ2n) is 7.36. The molecule has 5 heteroatoms. The van der Waals surface area contributed by atoms with Gasteiger partial charge in [-0.2, -0.15) is 0 Å². The topological polar surface area (TPSA) is 44.8 Å². The number of carbonyl (C=O) groups is 1. The van der Waals surface area contributed by atoms with Crippen LogP contribution in [0.15, 0.2) is 0 Å². The number of esters is 1. The molecule has 1 atom stereocenters. The van der Waals surface area contributed by atoms with E-state index in [1.807, 2.05) is 55.4 Å². The van der Waals surface area contributed by atoms with Gasteiger partial charge >= 0.3 is 13.1 Å². The fourth-order valence-electron chi connectivity index (χ4n) is 1.85. The molecule has 0 aromatic heterocycles. The second kappa shape index (κ2) is 5.10. The average Bonchev–Trinajstić information content (AvgIpc) is 2.31. The van der Waals surface area contributed by atoms with Crippen LogP contribution in [-0.2, 0) is 18.8 Å². The van der Waals surface area contributed by atoms with Crippen molar-refractivity contribution in [1.82, 2.24) is 0 Å². The summed E-state index contributed by atoms with van der Waals surface area (Å²) in [5, 5.41) is 0. The zero-order valence-corrected chi connectivity index (χ0v) is 13.5. The zero-order chi connectivity index (χ0) is 15.1. The first-order valence-corrected chi connectivity index (χ1v) is 6.92. The summed E-state index contributed by atoms with van der Waals surface area (Å²) >= 11 is 0. The Bertz CT molecular complexity index is 328. The van der Waals surface area contributed by atoms with Crippen molar-refractivity contribution in [2.24, 2.45) is 5.92 Å². The van der Waals surface area contributed by atoms with Crippen molar-refractivity contribution in [3.05, 3.63) is 0 Å². The van der Waals surface area contributed by atoms with Gasteiger partial charge in [-0.05, 0) is 54.8 Å². The van der Waals surface area contributed by atoms with Crippen molar-refractivity contribution in [1.29, 1.82) is 0 Å². The molecule has 0 bridgehead atoms. The summed E-state index contributed by atoms with van der Waals surface area (Å²) in [4.78, 5) is 11.9. The van der Waals surface area contributed by atoms with E-state index in [-0.39, 0.29) is 30.2 Å². The van der Waals surface area contributed by atoms with Crippen LogP contribution in [0.4, 0.5) is 0 Å². The van der Waals surface area contributed by atoms with Crippen molar-refractivity contribution in [3.63, 3.8) is 0 Å². The van der Waals surface area contributed by atoms with E-state index in [1.165, 1.54) is 0 Å². The molecule has 1 heterocycles. The lowest BCUT2D eigenvalue weighted by molar-refractivity contribution is -0.158. The molecule has 1 aliphatic heterocycles. The summed E-state index contributed by atoms with van der Waals surface area (Å²) < 4.78 is 17.1. The third kappa shape index (κ3) is 4.21. The van der Waals surface area contributed by atoms with Gasteiger partial charge in [0.05, 0.1) is 17.1 Å². The highest BCUT2D eigenvalue weighted by molar-refractivity contribution is 6.46. The average molecular weight is 270 g/mol. The fourth-order valence-corrected chi connectivity index (χ4v) is 1.85. The molecule has 0 radical (unpaired) electrons. The Labute approximate surface area is 117 Å². The summed E-state index contributed by atoms with van der Waals surface area (Å²) in [7, 11) is -0.354. The van der Waals surface area contributed by atoms with Crippen molar-refractivity contribution in [2.45, 2.75) is 78.5 Å². The molecule has 0 spiro atoms. The molecule has 4 nitrogen and oxygen atoms in total. The quantitative estimate of drug-likeness (QED) is 0.584. The van der Waals surface area contributed by atoms with Gasteiger partial charge < -0.3 is 14.0 Å². The maximum Gasteiger partial charge on any atom is 0.458 e. The van der Waals surface area contributed by atoms with Crippen LogP contribution < -0.4 is 0 Å². The van der Waals surface area contributed by atoms with Gasteiger partial charge in [0.2, 0.25) is 0 Å². The van der Waals surface area contributed by atoms with Gasteiger partial charge in [0.1, 0.15) is 5.60 Å². The molecular formula is C14H27BO4. The summed E-state index contributed by atoms with van der Waals surface area (Å²) in [6, 6.07) is 0. The molecule has 110 valence electrons. The molecule has 0 N–H and O–H groups in total. The van der Waals surface area contributed by atoms with Crippen LogP contribution in [0.25, 0.3) is 0 Å². The SMILES string of the molecule is C[C@H](CB1OC(C)(C)C(C)(C)O1)C(=O)OC(C)(C)C. The van der Waals surface area contributed by atoms with Gasteiger partial charge in [-0.3, -0.25) is 4.79 Å². The maximum atomic E-state index is 11.9. The summed E-state index contributed by atoms with van der Waals surface area (Å²) in [5.74, 6) is -0.448. The van der Waals surface area contributed by atoms with Gasteiger partial charge in [0, 0.05) is 0 Å². The predicted molar refractivity (Wildman–Crippen MR) is 75.9 cm³/mol. The van der Waals surface area contributed by atoms with E-state index in [2.05, 4.69) is 0 Å². The van der Waals surface area contributed by atoms with E-state index in [0.717, 1.165) is 0 Å². The van der Waals surface area contributed by atoms with E-state index in [1.54, 1.807) is 0 Å². The highest BCUT2D eigenvalue weighted by Gasteiger charge is 2.51. The molecule has 0 saturated carbocycles. The number of carbonyl (C=O) groups excluding carboxylic acids is 1. The van der Waals surface area contributed by atoms with Crippen molar-refractivity contribution < 1.29 is 18.8 Å². The van der Waals surface area contributed by atoms with Crippen LogP contribution in [0, 0.1) is 5.92 Å². The summed E-state index contributed by atoms with van der Waals surface area (Å²) in [5.41, 5.74) is -1.17. The van der Waals surface area contributed by atoms with Crippen molar-refractivity contribution >= 4 is 13.1 Å². The number of ether oxygens (including phenoxy) is 1. The smallest absolute Gasteiger partial charge is 0.458 e. The van der Waals surface area contributed by atoms with E-state index < -0.39 is 5.60 Å². The van der Waals surface area contributed by atoms with Crippen LogP contribution >= 0.6 is 0 Å². The van der Waals surface area contributed by atoms with Crippen LogP contribution in [0.3, 0.4) is 0 Å². The predicted octanol–water partition coefficient (Wildman–Crippen LogP) is 3.06. The Kier molecular flexibility index (Phi) is 4.43. The minimum atomic E-state index is -0.457. The monoisotopic (exact) mass is 270 g/mol. The minimum absolute atomic E-state index is 0.206. The third-order valence-electron chi connectivity index (χ3n) is 3.66. The molecule has 0 aromatic rings.